The van der Waals surface area contributed by atoms with Gasteiger partial charge < -0.3 is 14.5 Å². The molecule has 1 aliphatic heterocycles. The van der Waals surface area contributed by atoms with Crippen LogP contribution in [0, 0.1) is 0 Å². The molecule has 0 spiro atoms. The van der Waals surface area contributed by atoms with E-state index < -0.39 is 24.5 Å². The lowest BCUT2D eigenvalue weighted by Crippen LogP contribution is -2.37. The summed E-state index contributed by atoms with van der Waals surface area (Å²) in [5, 5.41) is 2.51. The van der Waals surface area contributed by atoms with Gasteiger partial charge in [0, 0.05) is 25.1 Å². The van der Waals surface area contributed by atoms with Gasteiger partial charge in [0.1, 0.15) is 11.5 Å². The fourth-order valence-electron chi connectivity index (χ4n) is 2.50. The summed E-state index contributed by atoms with van der Waals surface area (Å²) in [6, 6.07) is 12.9. The monoisotopic (exact) mass is 342 g/mol. The first kappa shape index (κ1) is 16.8. The SMILES string of the molecule is O=C(CCc1ccc(-c2ccccc2)o1)OCC(=O)N1CCNC1=O. The van der Waals surface area contributed by atoms with E-state index in [1.54, 1.807) is 0 Å². The molecule has 2 aromatic rings. The number of esters is 1. The van der Waals surface area contributed by atoms with E-state index in [2.05, 4.69) is 5.32 Å². The van der Waals surface area contributed by atoms with E-state index in [9.17, 15) is 14.4 Å². The molecule has 0 saturated carbocycles. The van der Waals surface area contributed by atoms with E-state index in [0.717, 1.165) is 16.2 Å². The number of aryl methyl sites for hydroxylation is 1. The summed E-state index contributed by atoms with van der Waals surface area (Å²) in [5.41, 5.74) is 0.964. The summed E-state index contributed by atoms with van der Waals surface area (Å²) in [4.78, 5) is 35.9. The minimum Gasteiger partial charge on any atom is -0.461 e. The van der Waals surface area contributed by atoms with Crippen molar-refractivity contribution in [1.82, 2.24) is 10.2 Å². The number of rotatable bonds is 6. The van der Waals surface area contributed by atoms with E-state index in [1.807, 2.05) is 42.5 Å². The summed E-state index contributed by atoms with van der Waals surface area (Å²) in [6.07, 6.45) is 0.477. The molecular formula is C18H18N2O5. The highest BCUT2D eigenvalue weighted by Crippen LogP contribution is 2.22. The number of urea groups is 1. The van der Waals surface area contributed by atoms with Crippen LogP contribution in [0.25, 0.3) is 11.3 Å². The van der Waals surface area contributed by atoms with Crippen LogP contribution in [0.2, 0.25) is 0 Å². The largest absolute Gasteiger partial charge is 0.461 e. The Hall–Kier alpha value is -3.09. The summed E-state index contributed by atoms with van der Waals surface area (Å²) < 4.78 is 10.6. The number of carbonyl (C=O) groups is 3. The number of imide groups is 1. The van der Waals surface area contributed by atoms with Gasteiger partial charge in [-0.2, -0.15) is 0 Å². The topological polar surface area (TPSA) is 88.8 Å². The zero-order valence-corrected chi connectivity index (χ0v) is 13.6. The molecule has 0 bridgehead atoms. The third-order valence-electron chi connectivity index (χ3n) is 3.81. The number of hydrogen-bond donors (Lipinski definition) is 1. The Balaban J connectivity index is 1.44. The first-order chi connectivity index (χ1) is 12.1. The molecule has 1 fully saturated rings. The van der Waals surface area contributed by atoms with Crippen molar-refractivity contribution < 1.29 is 23.5 Å². The molecule has 1 N–H and O–H groups in total. The van der Waals surface area contributed by atoms with Crippen molar-refractivity contribution in [2.45, 2.75) is 12.8 Å². The normalized spacial score (nSPS) is 13.6. The summed E-state index contributed by atoms with van der Waals surface area (Å²) in [5.74, 6) is 0.374. The third kappa shape index (κ3) is 4.26. The molecule has 1 aromatic heterocycles. The Labute approximate surface area is 144 Å². The Bertz CT molecular complexity index is 769. The molecule has 7 heteroatoms. The lowest BCUT2D eigenvalue weighted by Gasteiger charge is -2.11. The van der Waals surface area contributed by atoms with Gasteiger partial charge in [-0.25, -0.2) is 4.79 Å². The molecule has 25 heavy (non-hydrogen) atoms. The molecule has 130 valence electrons. The summed E-state index contributed by atoms with van der Waals surface area (Å²) in [6.45, 7) is 0.282. The minimum atomic E-state index is -0.521. The lowest BCUT2D eigenvalue weighted by atomic mass is 10.2. The van der Waals surface area contributed by atoms with Crippen LogP contribution in [0.4, 0.5) is 4.79 Å². The molecule has 0 unspecified atom stereocenters. The molecule has 3 rings (SSSR count). The van der Waals surface area contributed by atoms with Crippen molar-refractivity contribution in [2.24, 2.45) is 0 Å². The number of benzene rings is 1. The predicted octanol–water partition coefficient (Wildman–Crippen LogP) is 1.97. The van der Waals surface area contributed by atoms with Crippen LogP contribution in [-0.4, -0.2) is 42.5 Å². The average molecular weight is 342 g/mol. The number of furan rings is 1. The molecule has 2 heterocycles. The Morgan fingerprint density at radius 3 is 2.68 bits per heavy atom. The van der Waals surface area contributed by atoms with Crippen LogP contribution in [-0.2, 0) is 20.7 Å². The first-order valence-electron chi connectivity index (χ1n) is 8.01. The number of nitrogens with one attached hydrogen (secondary N) is 1. The van der Waals surface area contributed by atoms with Gasteiger partial charge in [-0.1, -0.05) is 30.3 Å². The van der Waals surface area contributed by atoms with Crippen molar-refractivity contribution in [3.05, 3.63) is 48.2 Å². The highest BCUT2D eigenvalue weighted by Gasteiger charge is 2.26. The molecular weight excluding hydrogens is 324 g/mol. The number of nitrogens with zero attached hydrogens (tertiary/aromatic N) is 1. The second kappa shape index (κ2) is 7.65. The van der Waals surface area contributed by atoms with Crippen molar-refractivity contribution >= 4 is 17.9 Å². The Morgan fingerprint density at radius 2 is 1.96 bits per heavy atom. The molecule has 3 amide bonds. The number of amides is 3. The van der Waals surface area contributed by atoms with Crippen LogP contribution in [0.15, 0.2) is 46.9 Å². The Morgan fingerprint density at radius 1 is 1.16 bits per heavy atom. The van der Waals surface area contributed by atoms with Gasteiger partial charge in [0.15, 0.2) is 6.61 Å². The summed E-state index contributed by atoms with van der Waals surface area (Å²) >= 11 is 0. The molecule has 1 saturated heterocycles. The quantitative estimate of drug-likeness (QED) is 0.811. The molecule has 7 nitrogen and oxygen atoms in total. The van der Waals surface area contributed by atoms with Crippen LogP contribution in [0.5, 0.6) is 0 Å². The number of carbonyl (C=O) groups excluding carboxylic acids is 3. The van der Waals surface area contributed by atoms with Crippen LogP contribution in [0.1, 0.15) is 12.2 Å². The smallest absolute Gasteiger partial charge is 0.324 e. The van der Waals surface area contributed by atoms with E-state index >= 15 is 0 Å². The van der Waals surface area contributed by atoms with Crippen LogP contribution >= 0.6 is 0 Å². The highest BCUT2D eigenvalue weighted by molar-refractivity contribution is 5.96. The molecule has 0 atom stereocenters. The van der Waals surface area contributed by atoms with E-state index in [1.165, 1.54) is 0 Å². The van der Waals surface area contributed by atoms with Gasteiger partial charge in [0.25, 0.3) is 5.91 Å². The van der Waals surface area contributed by atoms with Gasteiger partial charge in [0.2, 0.25) is 0 Å². The van der Waals surface area contributed by atoms with Crippen LogP contribution < -0.4 is 5.32 Å². The van der Waals surface area contributed by atoms with Gasteiger partial charge in [-0.15, -0.1) is 0 Å². The maximum atomic E-state index is 11.8. The van der Waals surface area contributed by atoms with E-state index in [-0.39, 0.29) is 6.42 Å². The van der Waals surface area contributed by atoms with Crippen LogP contribution in [0.3, 0.4) is 0 Å². The number of hydrogen-bond acceptors (Lipinski definition) is 5. The molecule has 1 aromatic carbocycles. The van der Waals surface area contributed by atoms with E-state index in [0.29, 0.717) is 25.3 Å². The van der Waals surface area contributed by atoms with Crippen molar-refractivity contribution in [3.63, 3.8) is 0 Å². The third-order valence-corrected chi connectivity index (χ3v) is 3.81. The van der Waals surface area contributed by atoms with Crippen molar-refractivity contribution in [3.8, 4) is 11.3 Å². The fourth-order valence-corrected chi connectivity index (χ4v) is 2.50. The highest BCUT2D eigenvalue weighted by atomic mass is 16.5. The van der Waals surface area contributed by atoms with Crippen molar-refractivity contribution in [2.75, 3.05) is 19.7 Å². The van der Waals surface area contributed by atoms with Gasteiger partial charge in [0.05, 0.1) is 6.42 Å². The zero-order valence-electron chi connectivity index (χ0n) is 13.6. The molecule has 0 aliphatic carbocycles. The maximum absolute atomic E-state index is 11.8. The fraction of sp³-hybridized carbons (Fsp3) is 0.278. The molecule has 1 aliphatic rings. The average Bonchev–Trinajstić information content (AvgIpc) is 3.27. The predicted molar refractivity (Wildman–Crippen MR) is 88.5 cm³/mol. The Kier molecular flexibility index (Phi) is 5.13. The van der Waals surface area contributed by atoms with E-state index in [4.69, 9.17) is 9.15 Å². The maximum Gasteiger partial charge on any atom is 0.324 e. The summed E-state index contributed by atoms with van der Waals surface area (Å²) in [7, 11) is 0. The van der Waals surface area contributed by atoms with Gasteiger partial charge in [-0.05, 0) is 12.1 Å². The van der Waals surface area contributed by atoms with Crippen molar-refractivity contribution in [1.29, 1.82) is 0 Å². The lowest BCUT2D eigenvalue weighted by molar-refractivity contribution is -0.150. The second-order valence-electron chi connectivity index (χ2n) is 5.57. The van der Waals surface area contributed by atoms with Gasteiger partial charge >= 0.3 is 12.0 Å². The standard InChI is InChI=1S/C18H18N2O5/c21-16(20-11-10-19-18(20)23)12-24-17(22)9-7-14-6-8-15(25-14)13-4-2-1-3-5-13/h1-6,8H,7,9-12H2,(H,19,23). The first-order valence-corrected chi connectivity index (χ1v) is 8.01. The molecule has 0 radical (unpaired) electrons. The second-order valence-corrected chi connectivity index (χ2v) is 5.57. The number of ether oxygens (including phenoxy) is 1. The zero-order chi connectivity index (χ0) is 17.6. The minimum absolute atomic E-state index is 0.0984. The van der Waals surface area contributed by atoms with Gasteiger partial charge in [-0.3, -0.25) is 14.5 Å².